The van der Waals surface area contributed by atoms with Crippen LogP contribution in [0.25, 0.3) is 0 Å². The second-order valence-electron chi connectivity index (χ2n) is 5.55. The topological polar surface area (TPSA) is 102 Å². The Morgan fingerprint density at radius 3 is 2.74 bits per heavy atom. The van der Waals surface area contributed by atoms with Gasteiger partial charge in [-0.15, -0.1) is 0 Å². The molecule has 23 heavy (non-hydrogen) atoms. The molecule has 1 heterocycles. The van der Waals surface area contributed by atoms with Gasteiger partial charge in [0.25, 0.3) is 0 Å². The normalized spacial score (nSPS) is 11.3. The van der Waals surface area contributed by atoms with Crippen molar-refractivity contribution in [1.29, 1.82) is 0 Å². The fraction of sp³-hybridized carbons (Fsp3) is 0.312. The summed E-state index contributed by atoms with van der Waals surface area (Å²) in [6.45, 7) is 4.20. The number of methoxy groups -OCH3 is 1. The number of nitrogens with one attached hydrogen (secondary N) is 1. The number of carbonyl (C=O) groups excluding carboxylic acids is 1. The molecule has 0 saturated carbocycles. The third-order valence-corrected chi connectivity index (χ3v) is 3.45. The Morgan fingerprint density at radius 2 is 2.09 bits per heavy atom. The lowest BCUT2D eigenvalue weighted by Crippen LogP contribution is -2.36. The maximum atomic E-state index is 11.4. The van der Waals surface area contributed by atoms with Crippen LogP contribution in [0, 0.1) is 0 Å². The van der Waals surface area contributed by atoms with Gasteiger partial charge in [0.05, 0.1) is 18.2 Å². The standard InChI is InChI=1S/C16H18N2O5/c1-16(2,13-8-12(23-18-13)15(21)22-3)17-9-10-5-4-6-11(7-10)14(19)20/h4-8,17H,9H2,1-3H3,(H,19,20). The summed E-state index contributed by atoms with van der Waals surface area (Å²) in [6, 6.07) is 8.19. The molecule has 2 N–H and O–H groups in total. The van der Waals surface area contributed by atoms with Crippen molar-refractivity contribution >= 4 is 11.9 Å². The molecule has 0 fully saturated rings. The molecule has 2 aromatic rings. The maximum Gasteiger partial charge on any atom is 0.376 e. The molecule has 122 valence electrons. The zero-order valence-corrected chi connectivity index (χ0v) is 13.1. The monoisotopic (exact) mass is 318 g/mol. The maximum absolute atomic E-state index is 11.4. The van der Waals surface area contributed by atoms with Gasteiger partial charge in [-0.3, -0.25) is 0 Å². The molecule has 7 heteroatoms. The fourth-order valence-corrected chi connectivity index (χ4v) is 1.99. The SMILES string of the molecule is COC(=O)c1cc(C(C)(C)NCc2cccc(C(=O)O)c2)no1. The molecule has 0 atom stereocenters. The Morgan fingerprint density at radius 1 is 1.35 bits per heavy atom. The van der Waals surface area contributed by atoms with Crippen molar-refractivity contribution in [3.63, 3.8) is 0 Å². The molecule has 0 aliphatic carbocycles. The van der Waals surface area contributed by atoms with Crippen LogP contribution in [0.3, 0.4) is 0 Å². The minimum atomic E-state index is -0.967. The molecule has 0 unspecified atom stereocenters. The summed E-state index contributed by atoms with van der Waals surface area (Å²) in [5.41, 5.74) is 1.04. The molecular weight excluding hydrogens is 300 g/mol. The van der Waals surface area contributed by atoms with E-state index in [0.717, 1.165) is 5.56 Å². The molecule has 0 spiro atoms. The van der Waals surface area contributed by atoms with Crippen molar-refractivity contribution in [3.8, 4) is 0 Å². The second-order valence-corrected chi connectivity index (χ2v) is 5.55. The Bertz CT molecular complexity index is 721. The van der Waals surface area contributed by atoms with Gasteiger partial charge in [-0.05, 0) is 31.5 Å². The van der Waals surface area contributed by atoms with Crippen LogP contribution in [-0.4, -0.2) is 29.3 Å². The van der Waals surface area contributed by atoms with Crippen LogP contribution in [0.4, 0.5) is 0 Å². The molecule has 0 radical (unpaired) electrons. The Balaban J connectivity index is 2.09. The predicted octanol–water partition coefficient (Wildman–Crippen LogP) is 2.18. The first-order valence-corrected chi connectivity index (χ1v) is 6.96. The van der Waals surface area contributed by atoms with Crippen LogP contribution in [0.15, 0.2) is 34.9 Å². The summed E-state index contributed by atoms with van der Waals surface area (Å²) in [6.07, 6.45) is 0. The highest BCUT2D eigenvalue weighted by atomic mass is 16.5. The number of hydrogen-bond donors (Lipinski definition) is 2. The first kappa shape index (κ1) is 16.7. The molecule has 7 nitrogen and oxygen atoms in total. The molecule has 0 aliphatic heterocycles. The zero-order chi connectivity index (χ0) is 17.0. The van der Waals surface area contributed by atoms with Crippen LogP contribution < -0.4 is 5.32 Å². The largest absolute Gasteiger partial charge is 0.478 e. The van der Waals surface area contributed by atoms with Crippen molar-refractivity contribution in [1.82, 2.24) is 10.5 Å². The Hall–Kier alpha value is -2.67. The minimum absolute atomic E-state index is 0.0326. The van der Waals surface area contributed by atoms with Gasteiger partial charge >= 0.3 is 11.9 Å². The van der Waals surface area contributed by atoms with E-state index in [1.54, 1.807) is 12.1 Å². The van der Waals surface area contributed by atoms with Gasteiger partial charge in [0, 0.05) is 12.6 Å². The zero-order valence-electron chi connectivity index (χ0n) is 13.1. The molecule has 0 bridgehead atoms. The van der Waals surface area contributed by atoms with Gasteiger partial charge in [0.2, 0.25) is 5.76 Å². The van der Waals surface area contributed by atoms with E-state index in [9.17, 15) is 9.59 Å². The van der Waals surface area contributed by atoms with Crippen LogP contribution >= 0.6 is 0 Å². The lowest BCUT2D eigenvalue weighted by Gasteiger charge is -2.23. The number of carbonyl (C=O) groups is 2. The number of hydrogen-bond acceptors (Lipinski definition) is 6. The number of aromatic carboxylic acids is 1. The first-order valence-electron chi connectivity index (χ1n) is 6.96. The van der Waals surface area contributed by atoms with Gasteiger partial charge in [0.1, 0.15) is 5.69 Å². The van der Waals surface area contributed by atoms with E-state index in [0.29, 0.717) is 12.2 Å². The van der Waals surface area contributed by atoms with Gasteiger partial charge in [-0.2, -0.15) is 0 Å². The number of nitrogens with zero attached hydrogens (tertiary/aromatic N) is 1. The van der Waals surface area contributed by atoms with Crippen molar-refractivity contribution < 1.29 is 24.0 Å². The fourth-order valence-electron chi connectivity index (χ4n) is 1.99. The number of esters is 1. The van der Waals surface area contributed by atoms with Crippen molar-refractivity contribution in [2.24, 2.45) is 0 Å². The molecule has 1 aromatic heterocycles. The van der Waals surface area contributed by atoms with E-state index in [-0.39, 0.29) is 11.3 Å². The third-order valence-electron chi connectivity index (χ3n) is 3.45. The van der Waals surface area contributed by atoms with Crippen molar-refractivity contribution in [2.75, 3.05) is 7.11 Å². The summed E-state index contributed by atoms with van der Waals surface area (Å²) >= 11 is 0. The second kappa shape index (κ2) is 6.62. The van der Waals surface area contributed by atoms with E-state index < -0.39 is 17.5 Å². The highest BCUT2D eigenvalue weighted by Gasteiger charge is 2.26. The average molecular weight is 318 g/mol. The van der Waals surface area contributed by atoms with Crippen LogP contribution in [-0.2, 0) is 16.8 Å². The summed E-state index contributed by atoms with van der Waals surface area (Å²) in [4.78, 5) is 22.4. The van der Waals surface area contributed by atoms with Gasteiger partial charge in [-0.25, -0.2) is 9.59 Å². The van der Waals surface area contributed by atoms with Crippen LogP contribution in [0.5, 0.6) is 0 Å². The van der Waals surface area contributed by atoms with Crippen molar-refractivity contribution in [3.05, 3.63) is 52.9 Å². The highest BCUT2D eigenvalue weighted by molar-refractivity contribution is 5.87. The lowest BCUT2D eigenvalue weighted by atomic mass is 9.99. The minimum Gasteiger partial charge on any atom is -0.478 e. The summed E-state index contributed by atoms with van der Waals surface area (Å²) in [7, 11) is 1.27. The average Bonchev–Trinajstić information content (AvgIpc) is 3.03. The van der Waals surface area contributed by atoms with E-state index >= 15 is 0 Å². The number of carboxylic acids is 1. The van der Waals surface area contributed by atoms with Crippen molar-refractivity contribution in [2.45, 2.75) is 25.9 Å². The number of ether oxygens (including phenoxy) is 1. The molecule has 0 amide bonds. The molecule has 0 aliphatic rings. The summed E-state index contributed by atoms with van der Waals surface area (Å²) in [5.74, 6) is -1.52. The Labute approximate surface area is 133 Å². The summed E-state index contributed by atoms with van der Waals surface area (Å²) < 4.78 is 9.54. The molecule has 1 aromatic carbocycles. The lowest BCUT2D eigenvalue weighted by molar-refractivity contribution is 0.0553. The third kappa shape index (κ3) is 3.95. The van der Waals surface area contributed by atoms with E-state index in [4.69, 9.17) is 9.63 Å². The van der Waals surface area contributed by atoms with E-state index in [2.05, 4.69) is 15.2 Å². The quantitative estimate of drug-likeness (QED) is 0.787. The Kier molecular flexibility index (Phi) is 4.80. The number of carboxylic acid groups (broad SMARTS) is 1. The highest BCUT2D eigenvalue weighted by Crippen LogP contribution is 2.21. The first-order chi connectivity index (χ1) is 10.8. The molecule has 2 rings (SSSR count). The number of aromatic nitrogens is 1. The smallest absolute Gasteiger partial charge is 0.376 e. The number of benzene rings is 1. The molecule has 0 saturated heterocycles. The van der Waals surface area contributed by atoms with Gasteiger partial charge in [-0.1, -0.05) is 17.3 Å². The van der Waals surface area contributed by atoms with Gasteiger partial charge in [0.15, 0.2) is 0 Å². The summed E-state index contributed by atoms with van der Waals surface area (Å²) in [5, 5.41) is 16.1. The number of rotatable bonds is 6. The van der Waals surface area contributed by atoms with E-state index in [1.807, 2.05) is 19.9 Å². The predicted molar refractivity (Wildman–Crippen MR) is 81.1 cm³/mol. The van der Waals surface area contributed by atoms with Crippen LogP contribution in [0.1, 0.15) is 46.0 Å². The van der Waals surface area contributed by atoms with Crippen LogP contribution in [0.2, 0.25) is 0 Å². The van der Waals surface area contributed by atoms with Gasteiger partial charge < -0.3 is 19.7 Å². The molecular formula is C16H18N2O5. The van der Waals surface area contributed by atoms with E-state index in [1.165, 1.54) is 19.2 Å².